The van der Waals surface area contributed by atoms with Crippen molar-refractivity contribution in [2.24, 2.45) is 0 Å². The van der Waals surface area contributed by atoms with Crippen LogP contribution in [0.1, 0.15) is 0 Å². The Morgan fingerprint density at radius 2 is 0.887 bits per heavy atom. The van der Waals surface area contributed by atoms with Crippen molar-refractivity contribution < 1.29 is 0 Å². The first kappa shape index (κ1) is 31.0. The molecule has 0 radical (unpaired) electrons. The predicted octanol–water partition coefficient (Wildman–Crippen LogP) is 13.4. The second kappa shape index (κ2) is 13.1. The maximum atomic E-state index is 5.34. The first-order chi connectivity index (χ1) is 26.3. The van der Waals surface area contributed by atoms with Crippen molar-refractivity contribution in [2.45, 2.75) is 0 Å². The number of fused-ring (bicyclic) bond motifs is 5. The molecule has 10 aromatic rings. The third-order valence-corrected chi connectivity index (χ3v) is 11.1. The van der Waals surface area contributed by atoms with Crippen molar-refractivity contribution >= 4 is 42.4 Å². The van der Waals surface area contributed by atoms with Crippen LogP contribution in [0.3, 0.4) is 0 Å². The molecule has 0 saturated carbocycles. The number of hydrogen-bond acceptors (Lipinski definition) is 4. The van der Waals surface area contributed by atoms with Gasteiger partial charge in [0.1, 0.15) is 0 Å². The van der Waals surface area contributed by atoms with Crippen LogP contribution >= 0.6 is 11.3 Å². The molecule has 0 unspecified atom stereocenters. The highest BCUT2D eigenvalue weighted by atomic mass is 32.1. The van der Waals surface area contributed by atoms with E-state index < -0.39 is 0 Å². The average molecular weight is 694 g/mol. The maximum absolute atomic E-state index is 5.34. The summed E-state index contributed by atoms with van der Waals surface area (Å²) in [4.78, 5) is 15.5. The molecule has 3 aromatic heterocycles. The van der Waals surface area contributed by atoms with Gasteiger partial charge in [0.15, 0.2) is 5.82 Å². The van der Waals surface area contributed by atoms with Crippen LogP contribution in [-0.2, 0) is 0 Å². The molecule has 0 saturated heterocycles. The fourth-order valence-electron chi connectivity index (χ4n) is 7.29. The second-order valence-corrected chi connectivity index (χ2v) is 14.2. The molecule has 0 N–H and O–H groups in total. The fraction of sp³-hybridized carbons (Fsp3) is 0. The molecular weight excluding hydrogens is 663 g/mol. The largest absolute Gasteiger partial charge is 0.247 e. The lowest BCUT2D eigenvalue weighted by atomic mass is 9.96. The van der Waals surface area contributed by atoms with E-state index in [4.69, 9.17) is 15.0 Å². The van der Waals surface area contributed by atoms with Gasteiger partial charge in [0.2, 0.25) is 0 Å². The average Bonchev–Trinajstić information content (AvgIpc) is 3.64. The molecule has 0 aliphatic carbocycles. The Labute approximate surface area is 311 Å². The summed E-state index contributed by atoms with van der Waals surface area (Å²) in [6, 6.07) is 65.9. The van der Waals surface area contributed by atoms with Gasteiger partial charge >= 0.3 is 0 Å². The highest BCUT2D eigenvalue weighted by Crippen LogP contribution is 2.45. The van der Waals surface area contributed by atoms with Crippen LogP contribution in [0.4, 0.5) is 0 Å². The third kappa shape index (κ3) is 5.66. The summed E-state index contributed by atoms with van der Waals surface area (Å²) in [7, 11) is 0. The quantitative estimate of drug-likeness (QED) is 0.174. The predicted molar refractivity (Wildman–Crippen MR) is 223 cm³/mol. The monoisotopic (exact) mass is 693 g/mol. The summed E-state index contributed by atoms with van der Waals surface area (Å²) < 4.78 is 2.53. The number of nitrogens with zero attached hydrogens (tertiary/aromatic N) is 3. The van der Waals surface area contributed by atoms with Crippen LogP contribution in [0.2, 0.25) is 0 Å². The summed E-state index contributed by atoms with van der Waals surface area (Å²) >= 11 is 1.85. The minimum absolute atomic E-state index is 0.701. The summed E-state index contributed by atoms with van der Waals surface area (Å²) in [6.45, 7) is 0. The second-order valence-electron chi connectivity index (χ2n) is 13.2. The van der Waals surface area contributed by atoms with Crippen LogP contribution in [0, 0.1) is 0 Å². The van der Waals surface area contributed by atoms with E-state index in [1.165, 1.54) is 36.7 Å². The van der Waals surface area contributed by atoms with Crippen LogP contribution in [-0.4, -0.2) is 15.0 Å². The zero-order chi connectivity index (χ0) is 35.1. The van der Waals surface area contributed by atoms with Crippen LogP contribution in [0.25, 0.3) is 98.5 Å². The molecule has 7 aromatic carbocycles. The van der Waals surface area contributed by atoms with Gasteiger partial charge in [-0.25, -0.2) is 15.0 Å². The summed E-state index contributed by atoms with van der Waals surface area (Å²) in [5, 5.41) is 3.65. The SMILES string of the molecule is c1ccc(-c2ccc(-c3nc(-c4ccccc4)cc(-c4ccc(-c5cccc6nc(-c7ccccc7)c7c8ccccc8sc7c56)cc4)n3)cc2)cc1. The number of aromatic nitrogens is 3. The normalized spacial score (nSPS) is 11.4. The molecule has 0 amide bonds. The van der Waals surface area contributed by atoms with Gasteiger partial charge in [-0.15, -0.1) is 11.3 Å². The highest BCUT2D eigenvalue weighted by Gasteiger charge is 2.19. The van der Waals surface area contributed by atoms with Gasteiger partial charge in [-0.1, -0.05) is 170 Å². The van der Waals surface area contributed by atoms with Crippen LogP contribution in [0.15, 0.2) is 188 Å². The maximum Gasteiger partial charge on any atom is 0.160 e. The van der Waals surface area contributed by atoms with E-state index >= 15 is 0 Å². The summed E-state index contributed by atoms with van der Waals surface area (Å²) in [5.41, 5.74) is 12.7. The molecule has 3 nitrogen and oxygen atoms in total. The van der Waals surface area contributed by atoms with Gasteiger partial charge in [-0.2, -0.15) is 0 Å². The molecule has 0 bridgehead atoms. The van der Waals surface area contributed by atoms with Gasteiger partial charge in [0.25, 0.3) is 0 Å². The topological polar surface area (TPSA) is 38.7 Å². The molecule has 3 heterocycles. The Morgan fingerprint density at radius 1 is 0.358 bits per heavy atom. The smallest absolute Gasteiger partial charge is 0.160 e. The van der Waals surface area contributed by atoms with Crippen molar-refractivity contribution in [3.05, 3.63) is 188 Å². The lowest BCUT2D eigenvalue weighted by Crippen LogP contribution is -1.96. The number of benzene rings is 7. The van der Waals surface area contributed by atoms with Crippen molar-refractivity contribution in [3.63, 3.8) is 0 Å². The van der Waals surface area contributed by atoms with Gasteiger partial charge in [-0.05, 0) is 40.5 Å². The number of thiophene rings is 1. The number of pyridine rings is 1. The molecule has 53 heavy (non-hydrogen) atoms. The molecule has 0 aliphatic heterocycles. The molecule has 0 atom stereocenters. The van der Waals surface area contributed by atoms with Crippen LogP contribution in [0.5, 0.6) is 0 Å². The molecule has 10 rings (SSSR count). The van der Waals surface area contributed by atoms with E-state index in [1.807, 2.05) is 23.5 Å². The van der Waals surface area contributed by atoms with E-state index in [2.05, 4.69) is 176 Å². The molecule has 0 spiro atoms. The molecule has 0 fully saturated rings. The van der Waals surface area contributed by atoms with E-state index in [1.54, 1.807) is 0 Å². The zero-order valence-electron chi connectivity index (χ0n) is 28.6. The molecule has 248 valence electrons. The van der Waals surface area contributed by atoms with Gasteiger partial charge < -0.3 is 0 Å². The van der Waals surface area contributed by atoms with E-state index in [9.17, 15) is 0 Å². The Bertz CT molecular complexity index is 2900. The minimum atomic E-state index is 0.701. The van der Waals surface area contributed by atoms with Gasteiger partial charge in [0.05, 0.1) is 22.6 Å². The summed E-state index contributed by atoms with van der Waals surface area (Å²) in [5.74, 6) is 0.701. The Hall–Kier alpha value is -6.75. The van der Waals surface area contributed by atoms with E-state index in [0.717, 1.165) is 56.0 Å². The minimum Gasteiger partial charge on any atom is -0.247 e. The summed E-state index contributed by atoms with van der Waals surface area (Å²) in [6.07, 6.45) is 0. The van der Waals surface area contributed by atoms with E-state index in [-0.39, 0.29) is 0 Å². The van der Waals surface area contributed by atoms with E-state index in [0.29, 0.717) is 5.82 Å². The van der Waals surface area contributed by atoms with Crippen molar-refractivity contribution in [2.75, 3.05) is 0 Å². The highest BCUT2D eigenvalue weighted by molar-refractivity contribution is 7.26. The lowest BCUT2D eigenvalue weighted by molar-refractivity contribution is 1.18. The first-order valence-electron chi connectivity index (χ1n) is 17.8. The molecule has 0 aliphatic rings. The van der Waals surface area contributed by atoms with Crippen LogP contribution < -0.4 is 0 Å². The Balaban J connectivity index is 1.09. The zero-order valence-corrected chi connectivity index (χ0v) is 29.5. The van der Waals surface area contributed by atoms with Crippen molar-refractivity contribution in [1.29, 1.82) is 0 Å². The van der Waals surface area contributed by atoms with Gasteiger partial charge in [-0.3, -0.25) is 0 Å². The third-order valence-electron chi connectivity index (χ3n) is 9.92. The number of rotatable bonds is 6. The molecular formula is C49H31N3S. The van der Waals surface area contributed by atoms with Crippen molar-refractivity contribution in [3.8, 4) is 67.4 Å². The Morgan fingerprint density at radius 3 is 1.58 bits per heavy atom. The first-order valence-corrected chi connectivity index (χ1v) is 18.6. The van der Waals surface area contributed by atoms with Crippen molar-refractivity contribution in [1.82, 2.24) is 15.0 Å². The van der Waals surface area contributed by atoms with Gasteiger partial charge in [0, 0.05) is 47.8 Å². The standard InChI is InChI=1S/C49H31N3S/c1-4-13-32(14-5-1)33-23-29-38(30-24-33)49-51-42(35-15-6-2-7-16-35)31-43(52-49)36-27-25-34(26-28-36)39-20-12-21-41-45(39)48-46(40-19-10-11-22-44(40)53-48)47(50-41)37-17-8-3-9-18-37/h1-31H. The fourth-order valence-corrected chi connectivity index (χ4v) is 8.57. The molecule has 4 heteroatoms. The number of hydrogen-bond donors (Lipinski definition) is 0. The Kier molecular flexibility index (Phi) is 7.67. The lowest BCUT2D eigenvalue weighted by Gasteiger charge is -2.13.